The highest BCUT2D eigenvalue weighted by Gasteiger charge is 2.09. The lowest BCUT2D eigenvalue weighted by Crippen LogP contribution is -2.19. The van der Waals surface area contributed by atoms with Crippen LogP contribution in [0.15, 0.2) is 42.5 Å². The van der Waals surface area contributed by atoms with Crippen LogP contribution in [0.3, 0.4) is 0 Å². The van der Waals surface area contributed by atoms with E-state index in [2.05, 4.69) is 10.3 Å². The normalized spacial score (nSPS) is 10.4. The molecule has 0 radical (unpaired) electrons. The van der Waals surface area contributed by atoms with Crippen LogP contribution in [0.2, 0.25) is 0 Å². The third kappa shape index (κ3) is 3.75. The van der Waals surface area contributed by atoms with E-state index < -0.39 is 0 Å². The van der Waals surface area contributed by atoms with Crippen molar-refractivity contribution in [2.45, 2.75) is 0 Å². The number of carbonyl (C=O) groups is 1. The average Bonchev–Trinajstić information content (AvgIpc) is 3.01. The summed E-state index contributed by atoms with van der Waals surface area (Å²) >= 11 is 1.39. The van der Waals surface area contributed by atoms with Crippen LogP contribution in [0.25, 0.3) is 10.2 Å². The van der Waals surface area contributed by atoms with Crippen LogP contribution in [-0.4, -0.2) is 31.7 Å². The van der Waals surface area contributed by atoms with Gasteiger partial charge < -0.3 is 14.2 Å². The molecule has 6 nitrogen and oxygen atoms in total. The topological polar surface area (TPSA) is 69.7 Å². The summed E-state index contributed by atoms with van der Waals surface area (Å²) in [6, 6.07) is 12.6. The molecule has 0 unspecified atom stereocenters. The van der Waals surface area contributed by atoms with Crippen LogP contribution < -0.4 is 19.5 Å². The molecule has 0 saturated carbocycles. The molecule has 0 atom stereocenters. The van der Waals surface area contributed by atoms with Gasteiger partial charge in [-0.3, -0.25) is 10.1 Å². The molecule has 124 valence electrons. The van der Waals surface area contributed by atoms with Gasteiger partial charge in [-0.2, -0.15) is 0 Å². The van der Waals surface area contributed by atoms with Crippen LogP contribution in [-0.2, 0) is 4.79 Å². The molecule has 0 aliphatic carbocycles. The van der Waals surface area contributed by atoms with Gasteiger partial charge in [-0.05, 0) is 42.5 Å². The molecule has 7 heteroatoms. The zero-order valence-electron chi connectivity index (χ0n) is 13.2. The molecule has 2 aromatic carbocycles. The van der Waals surface area contributed by atoms with Crippen LogP contribution in [0.5, 0.6) is 17.2 Å². The minimum absolute atomic E-state index is 0.0917. The number of hydrogen-bond acceptors (Lipinski definition) is 6. The Hall–Kier alpha value is -2.80. The minimum Gasteiger partial charge on any atom is -0.497 e. The van der Waals surface area contributed by atoms with Crippen molar-refractivity contribution in [3.63, 3.8) is 0 Å². The molecule has 1 aromatic heterocycles. The van der Waals surface area contributed by atoms with Gasteiger partial charge in [0.05, 0.1) is 24.4 Å². The second-order valence-corrected chi connectivity index (χ2v) is 5.90. The van der Waals surface area contributed by atoms with Crippen molar-refractivity contribution in [2.75, 3.05) is 26.1 Å². The first kappa shape index (κ1) is 16.1. The number of ether oxygens (including phenoxy) is 3. The van der Waals surface area contributed by atoms with Gasteiger partial charge in [-0.25, -0.2) is 4.98 Å². The Balaban J connectivity index is 1.59. The summed E-state index contributed by atoms with van der Waals surface area (Å²) in [6.45, 7) is -0.0917. The van der Waals surface area contributed by atoms with Crippen molar-refractivity contribution in [2.24, 2.45) is 0 Å². The Kier molecular flexibility index (Phi) is 4.81. The molecular formula is C17H16N2O4S. The number of rotatable bonds is 6. The van der Waals surface area contributed by atoms with Crippen molar-refractivity contribution >= 4 is 32.6 Å². The standard InChI is InChI=1S/C17H16N2O4S/c1-21-11-3-5-12(6-4-11)23-10-16(20)19-17-18-14-8-7-13(22-2)9-15(14)24-17/h3-9H,10H2,1-2H3,(H,18,19,20). The highest BCUT2D eigenvalue weighted by Crippen LogP contribution is 2.29. The van der Waals surface area contributed by atoms with E-state index in [9.17, 15) is 4.79 Å². The third-order valence-corrected chi connectivity index (χ3v) is 4.20. The highest BCUT2D eigenvalue weighted by molar-refractivity contribution is 7.22. The van der Waals surface area contributed by atoms with Crippen LogP contribution >= 0.6 is 11.3 Å². The lowest BCUT2D eigenvalue weighted by Gasteiger charge is -2.06. The Labute approximate surface area is 143 Å². The predicted molar refractivity (Wildman–Crippen MR) is 93.3 cm³/mol. The van der Waals surface area contributed by atoms with Gasteiger partial charge in [0.1, 0.15) is 17.2 Å². The van der Waals surface area contributed by atoms with Crippen LogP contribution in [0.4, 0.5) is 5.13 Å². The number of carbonyl (C=O) groups excluding carboxylic acids is 1. The Morgan fingerprint density at radius 3 is 2.42 bits per heavy atom. The Morgan fingerprint density at radius 1 is 1.04 bits per heavy atom. The molecule has 3 aromatic rings. The van der Waals surface area contributed by atoms with E-state index in [0.717, 1.165) is 21.7 Å². The molecule has 0 bridgehead atoms. The van der Waals surface area contributed by atoms with E-state index in [-0.39, 0.29) is 12.5 Å². The van der Waals surface area contributed by atoms with Crippen molar-refractivity contribution in [1.29, 1.82) is 0 Å². The van der Waals surface area contributed by atoms with Crippen molar-refractivity contribution in [3.05, 3.63) is 42.5 Å². The number of aromatic nitrogens is 1. The van der Waals surface area contributed by atoms with Gasteiger partial charge >= 0.3 is 0 Å². The van der Waals surface area contributed by atoms with Gasteiger partial charge in [0.2, 0.25) is 0 Å². The summed E-state index contributed by atoms with van der Waals surface area (Å²) in [7, 11) is 3.21. The number of hydrogen-bond donors (Lipinski definition) is 1. The molecule has 0 aliphatic rings. The van der Waals surface area contributed by atoms with E-state index in [0.29, 0.717) is 10.9 Å². The lowest BCUT2D eigenvalue weighted by atomic mass is 10.3. The van der Waals surface area contributed by atoms with Gasteiger partial charge in [0.15, 0.2) is 11.7 Å². The molecule has 1 amide bonds. The zero-order chi connectivity index (χ0) is 16.9. The Bertz CT molecular complexity index is 845. The lowest BCUT2D eigenvalue weighted by molar-refractivity contribution is -0.118. The fourth-order valence-corrected chi connectivity index (χ4v) is 2.97. The minimum atomic E-state index is -0.267. The maximum atomic E-state index is 12.0. The second-order valence-electron chi connectivity index (χ2n) is 4.87. The van der Waals surface area contributed by atoms with E-state index in [4.69, 9.17) is 14.2 Å². The summed E-state index contributed by atoms with van der Waals surface area (Å²) < 4.78 is 16.6. The number of nitrogens with one attached hydrogen (secondary N) is 1. The first-order chi connectivity index (χ1) is 11.7. The molecule has 3 rings (SSSR count). The predicted octanol–water partition coefficient (Wildman–Crippen LogP) is 3.33. The Morgan fingerprint density at radius 2 is 1.71 bits per heavy atom. The number of nitrogens with zero attached hydrogens (tertiary/aromatic N) is 1. The van der Waals surface area contributed by atoms with Gasteiger partial charge in [-0.15, -0.1) is 0 Å². The zero-order valence-corrected chi connectivity index (χ0v) is 14.1. The van der Waals surface area contributed by atoms with Gasteiger partial charge in [-0.1, -0.05) is 11.3 Å². The molecule has 1 heterocycles. The van der Waals surface area contributed by atoms with Crippen molar-refractivity contribution in [1.82, 2.24) is 4.98 Å². The number of anilines is 1. The number of fused-ring (bicyclic) bond motifs is 1. The SMILES string of the molecule is COc1ccc(OCC(=O)Nc2nc3ccc(OC)cc3s2)cc1. The van der Waals surface area contributed by atoms with E-state index in [1.807, 2.05) is 18.2 Å². The third-order valence-electron chi connectivity index (χ3n) is 3.27. The first-order valence-corrected chi connectivity index (χ1v) is 8.01. The number of methoxy groups -OCH3 is 2. The number of benzene rings is 2. The molecule has 24 heavy (non-hydrogen) atoms. The van der Waals surface area contributed by atoms with Gasteiger partial charge in [0.25, 0.3) is 5.91 Å². The largest absolute Gasteiger partial charge is 0.497 e. The fraction of sp³-hybridized carbons (Fsp3) is 0.176. The quantitative estimate of drug-likeness (QED) is 0.743. The molecule has 0 saturated heterocycles. The maximum Gasteiger partial charge on any atom is 0.264 e. The van der Waals surface area contributed by atoms with E-state index >= 15 is 0 Å². The second kappa shape index (κ2) is 7.18. The molecular weight excluding hydrogens is 328 g/mol. The molecule has 0 fully saturated rings. The maximum absolute atomic E-state index is 12.0. The summed E-state index contributed by atoms with van der Waals surface area (Å²) in [4.78, 5) is 16.4. The monoisotopic (exact) mass is 344 g/mol. The van der Waals surface area contributed by atoms with E-state index in [1.54, 1.807) is 38.5 Å². The fourth-order valence-electron chi connectivity index (χ4n) is 2.06. The summed E-state index contributed by atoms with van der Waals surface area (Å²) in [6.07, 6.45) is 0. The molecule has 0 aliphatic heterocycles. The summed E-state index contributed by atoms with van der Waals surface area (Å²) in [5.74, 6) is 1.82. The van der Waals surface area contributed by atoms with Crippen molar-refractivity contribution < 1.29 is 19.0 Å². The number of thiazole rings is 1. The average molecular weight is 344 g/mol. The highest BCUT2D eigenvalue weighted by atomic mass is 32.1. The number of amides is 1. The van der Waals surface area contributed by atoms with Crippen molar-refractivity contribution in [3.8, 4) is 17.2 Å². The van der Waals surface area contributed by atoms with Crippen LogP contribution in [0.1, 0.15) is 0 Å². The summed E-state index contributed by atoms with van der Waals surface area (Å²) in [5, 5.41) is 3.27. The van der Waals surface area contributed by atoms with Crippen LogP contribution in [0, 0.1) is 0 Å². The van der Waals surface area contributed by atoms with Gasteiger partial charge in [0, 0.05) is 0 Å². The van der Waals surface area contributed by atoms with E-state index in [1.165, 1.54) is 11.3 Å². The first-order valence-electron chi connectivity index (χ1n) is 7.19. The molecule has 1 N–H and O–H groups in total. The smallest absolute Gasteiger partial charge is 0.264 e. The summed E-state index contributed by atoms with van der Waals surface area (Å²) in [5.41, 5.74) is 0.812. The molecule has 0 spiro atoms.